The number of alkyl carbamates (subject to hydrolysis) is 1. The van der Waals surface area contributed by atoms with Crippen LogP contribution in [-0.4, -0.2) is 52.8 Å². The van der Waals surface area contributed by atoms with Crippen molar-refractivity contribution in [2.75, 3.05) is 18.1 Å². The van der Waals surface area contributed by atoms with Crippen LogP contribution in [0.5, 0.6) is 0 Å². The Morgan fingerprint density at radius 3 is 2.44 bits per heavy atom. The number of carbonyl (C=O) groups is 3. The average Bonchev–Trinajstić information content (AvgIpc) is 2.48. The van der Waals surface area contributed by atoms with Crippen LogP contribution in [0.4, 0.5) is 4.79 Å². The number of hydrogen-bond acceptors (Lipinski definition) is 6. The monoisotopic (exact) mass is 392 g/mol. The first-order valence-electron chi connectivity index (χ1n) is 8.00. The Labute approximate surface area is 157 Å². The summed E-state index contributed by atoms with van der Waals surface area (Å²) in [5.41, 5.74) is -0.632. The quantitative estimate of drug-likeness (QED) is 0.266. The number of amides is 2. The van der Waals surface area contributed by atoms with Crippen LogP contribution in [0, 0.1) is 0 Å². The Bertz CT molecular complexity index is 452. The van der Waals surface area contributed by atoms with Crippen molar-refractivity contribution >= 4 is 39.6 Å². The van der Waals surface area contributed by atoms with Crippen molar-refractivity contribution in [1.82, 2.24) is 10.6 Å². The smallest absolute Gasteiger partial charge is 0.408 e. The minimum absolute atomic E-state index is 0.119. The maximum absolute atomic E-state index is 12.2. The third-order valence-electron chi connectivity index (χ3n) is 2.63. The highest BCUT2D eigenvalue weighted by Gasteiger charge is 2.23. The molecule has 0 fully saturated rings. The van der Waals surface area contributed by atoms with Gasteiger partial charge in [-0.3, -0.25) is 9.59 Å². The van der Waals surface area contributed by atoms with E-state index in [2.05, 4.69) is 17.2 Å². The lowest BCUT2D eigenvalue weighted by Crippen LogP contribution is -2.48. The zero-order valence-corrected chi connectivity index (χ0v) is 16.6. The molecule has 0 heterocycles. The van der Waals surface area contributed by atoms with Gasteiger partial charge < -0.3 is 20.5 Å². The standard InChI is InChI=1S/C16H28N2O5S2/c1-5-6-7-12(18-15(22)23-16(2,3)4)14(21)17-9-11-25-24-10-8-13(19)20/h5,12H,1,6-11H2,2-4H3,(H,17,21)(H,18,22)(H,19,20). The van der Waals surface area contributed by atoms with E-state index in [1.54, 1.807) is 26.8 Å². The van der Waals surface area contributed by atoms with E-state index in [1.165, 1.54) is 21.6 Å². The Balaban J connectivity index is 4.19. The first-order chi connectivity index (χ1) is 11.7. The highest BCUT2D eigenvalue weighted by atomic mass is 33.1. The molecular weight excluding hydrogens is 364 g/mol. The third kappa shape index (κ3) is 14.7. The van der Waals surface area contributed by atoms with Crippen LogP contribution in [-0.2, 0) is 14.3 Å². The van der Waals surface area contributed by atoms with Crippen LogP contribution >= 0.6 is 21.6 Å². The maximum Gasteiger partial charge on any atom is 0.408 e. The molecule has 0 bridgehead atoms. The van der Waals surface area contributed by atoms with Gasteiger partial charge in [-0.1, -0.05) is 27.7 Å². The highest BCUT2D eigenvalue weighted by molar-refractivity contribution is 8.76. The van der Waals surface area contributed by atoms with Gasteiger partial charge in [0.15, 0.2) is 0 Å². The number of carboxylic acids is 1. The van der Waals surface area contributed by atoms with Crippen LogP contribution in [0.2, 0.25) is 0 Å². The van der Waals surface area contributed by atoms with E-state index in [0.717, 1.165) is 0 Å². The summed E-state index contributed by atoms with van der Waals surface area (Å²) in [6, 6.07) is -0.683. The first kappa shape index (κ1) is 23.6. The number of carbonyl (C=O) groups excluding carboxylic acids is 2. The molecule has 25 heavy (non-hydrogen) atoms. The van der Waals surface area contributed by atoms with Crippen molar-refractivity contribution in [3.63, 3.8) is 0 Å². The molecular formula is C16H28N2O5S2. The molecule has 0 rings (SSSR count). The van der Waals surface area contributed by atoms with E-state index < -0.39 is 23.7 Å². The second-order valence-corrected chi connectivity index (χ2v) is 8.85. The molecule has 1 unspecified atom stereocenters. The molecule has 0 aliphatic carbocycles. The summed E-state index contributed by atoms with van der Waals surface area (Å²) in [7, 11) is 2.95. The molecule has 144 valence electrons. The SMILES string of the molecule is C=CCCC(NC(=O)OC(C)(C)C)C(=O)NCCSSCCC(=O)O. The fourth-order valence-electron chi connectivity index (χ4n) is 1.59. The van der Waals surface area contributed by atoms with Crippen LogP contribution in [0.15, 0.2) is 12.7 Å². The maximum atomic E-state index is 12.2. The van der Waals surface area contributed by atoms with Crippen molar-refractivity contribution in [3.05, 3.63) is 12.7 Å². The fraction of sp³-hybridized carbons (Fsp3) is 0.688. The minimum atomic E-state index is -0.820. The highest BCUT2D eigenvalue weighted by Crippen LogP contribution is 2.20. The van der Waals surface area contributed by atoms with Gasteiger partial charge in [0, 0.05) is 18.1 Å². The van der Waals surface area contributed by atoms with E-state index in [1.807, 2.05) is 0 Å². The van der Waals surface area contributed by atoms with E-state index in [9.17, 15) is 14.4 Å². The van der Waals surface area contributed by atoms with Gasteiger partial charge in [-0.2, -0.15) is 0 Å². The van der Waals surface area contributed by atoms with Crippen molar-refractivity contribution in [3.8, 4) is 0 Å². The molecule has 0 saturated heterocycles. The summed E-state index contributed by atoms with van der Waals surface area (Å²) in [5.74, 6) is 0.0794. The summed E-state index contributed by atoms with van der Waals surface area (Å²) in [5, 5.41) is 13.9. The minimum Gasteiger partial charge on any atom is -0.481 e. The number of ether oxygens (including phenoxy) is 1. The molecule has 7 nitrogen and oxygen atoms in total. The molecule has 0 aromatic rings. The number of carboxylic acid groups (broad SMARTS) is 1. The average molecular weight is 393 g/mol. The van der Waals surface area contributed by atoms with Gasteiger partial charge in [-0.15, -0.1) is 6.58 Å². The lowest BCUT2D eigenvalue weighted by atomic mass is 10.1. The Hall–Kier alpha value is -1.35. The molecule has 0 radical (unpaired) electrons. The first-order valence-corrected chi connectivity index (χ1v) is 10.5. The summed E-state index contributed by atoms with van der Waals surface area (Å²) >= 11 is 0. The van der Waals surface area contributed by atoms with Gasteiger partial charge in [0.05, 0.1) is 6.42 Å². The molecule has 0 spiro atoms. The number of nitrogens with one attached hydrogen (secondary N) is 2. The van der Waals surface area contributed by atoms with Crippen LogP contribution < -0.4 is 10.6 Å². The molecule has 0 aromatic heterocycles. The van der Waals surface area contributed by atoms with Gasteiger partial charge in [0.2, 0.25) is 5.91 Å². The molecule has 2 amide bonds. The normalized spacial score (nSPS) is 12.1. The number of allylic oxidation sites excluding steroid dienone is 1. The summed E-state index contributed by atoms with van der Waals surface area (Å²) in [6.45, 7) is 9.32. The van der Waals surface area contributed by atoms with Crippen molar-refractivity contribution < 1.29 is 24.2 Å². The van der Waals surface area contributed by atoms with Gasteiger partial charge >= 0.3 is 12.1 Å². The Morgan fingerprint density at radius 2 is 1.88 bits per heavy atom. The second-order valence-electron chi connectivity index (χ2n) is 6.14. The molecule has 0 aromatic carbocycles. The lowest BCUT2D eigenvalue weighted by Gasteiger charge is -2.23. The number of aliphatic carboxylic acids is 1. The predicted octanol–water partition coefficient (Wildman–Crippen LogP) is 2.82. The van der Waals surface area contributed by atoms with Crippen molar-refractivity contribution in [2.45, 2.75) is 51.7 Å². The molecule has 9 heteroatoms. The van der Waals surface area contributed by atoms with Gasteiger partial charge in [0.1, 0.15) is 11.6 Å². The summed E-state index contributed by atoms with van der Waals surface area (Å²) in [6.07, 6.45) is 2.21. The fourth-order valence-corrected chi connectivity index (χ4v) is 3.48. The second kappa shape index (κ2) is 12.9. The van der Waals surface area contributed by atoms with Crippen LogP contribution in [0.25, 0.3) is 0 Å². The topological polar surface area (TPSA) is 105 Å². The summed E-state index contributed by atoms with van der Waals surface area (Å²) < 4.78 is 5.18. The molecule has 3 N–H and O–H groups in total. The van der Waals surface area contributed by atoms with Crippen molar-refractivity contribution in [2.24, 2.45) is 0 Å². The van der Waals surface area contributed by atoms with Crippen LogP contribution in [0.1, 0.15) is 40.0 Å². The van der Waals surface area contributed by atoms with E-state index in [4.69, 9.17) is 9.84 Å². The number of hydrogen-bond donors (Lipinski definition) is 3. The zero-order chi connectivity index (χ0) is 19.3. The van der Waals surface area contributed by atoms with Gasteiger partial charge in [-0.25, -0.2) is 4.79 Å². The molecule has 0 aliphatic heterocycles. The van der Waals surface area contributed by atoms with E-state index >= 15 is 0 Å². The Kier molecular flexibility index (Phi) is 12.2. The third-order valence-corrected chi connectivity index (χ3v) is 5.04. The number of rotatable bonds is 12. The largest absolute Gasteiger partial charge is 0.481 e. The van der Waals surface area contributed by atoms with E-state index in [0.29, 0.717) is 30.9 Å². The lowest BCUT2D eigenvalue weighted by molar-refractivity contribution is -0.136. The van der Waals surface area contributed by atoms with Crippen molar-refractivity contribution in [1.29, 1.82) is 0 Å². The van der Waals surface area contributed by atoms with Gasteiger partial charge in [-0.05, 0) is 33.6 Å². The molecule has 0 aliphatic rings. The van der Waals surface area contributed by atoms with Crippen LogP contribution in [0.3, 0.4) is 0 Å². The van der Waals surface area contributed by atoms with E-state index in [-0.39, 0.29) is 12.3 Å². The molecule has 1 atom stereocenters. The predicted molar refractivity (Wildman–Crippen MR) is 103 cm³/mol. The Morgan fingerprint density at radius 1 is 1.24 bits per heavy atom. The summed E-state index contributed by atoms with van der Waals surface area (Å²) in [4.78, 5) is 34.4. The zero-order valence-electron chi connectivity index (χ0n) is 15.0. The van der Waals surface area contributed by atoms with Gasteiger partial charge in [0.25, 0.3) is 0 Å². The molecule has 0 saturated carbocycles.